The molecular weight excluding hydrogens is 220 g/mol. The first-order valence-electron chi connectivity index (χ1n) is 5.11. The lowest BCUT2D eigenvalue weighted by atomic mass is 10.2. The van der Waals surface area contributed by atoms with E-state index in [2.05, 4.69) is 5.32 Å². The fourth-order valence-corrected chi connectivity index (χ4v) is 1.32. The number of amides is 1. The van der Waals surface area contributed by atoms with Crippen LogP contribution >= 0.6 is 0 Å². The molecule has 0 saturated heterocycles. The molecule has 0 bridgehead atoms. The van der Waals surface area contributed by atoms with Gasteiger partial charge in [-0.05, 0) is 26.8 Å². The van der Waals surface area contributed by atoms with Gasteiger partial charge >= 0.3 is 0 Å². The molecule has 0 aromatic heterocycles. The van der Waals surface area contributed by atoms with Gasteiger partial charge in [0.2, 0.25) is 5.91 Å². The minimum Gasteiger partial charge on any atom is -0.322 e. The number of hydrogen-bond donors (Lipinski definition) is 1. The molecule has 1 amide bonds. The van der Waals surface area contributed by atoms with Crippen molar-refractivity contribution in [1.29, 1.82) is 0 Å². The molecule has 0 aliphatic heterocycles. The highest BCUT2D eigenvalue weighted by Crippen LogP contribution is 2.22. The van der Waals surface area contributed by atoms with Gasteiger partial charge in [0.05, 0.1) is 4.92 Å². The third-order valence-electron chi connectivity index (χ3n) is 2.09. The van der Waals surface area contributed by atoms with Gasteiger partial charge in [-0.1, -0.05) is 11.6 Å². The summed E-state index contributed by atoms with van der Waals surface area (Å²) in [5.41, 5.74) is 1.85. The van der Waals surface area contributed by atoms with E-state index in [4.69, 9.17) is 0 Å². The molecule has 1 aromatic rings. The maximum atomic E-state index is 11.4. The summed E-state index contributed by atoms with van der Waals surface area (Å²) in [5.74, 6) is -0.289. The van der Waals surface area contributed by atoms with Crippen molar-refractivity contribution in [3.63, 3.8) is 0 Å². The number of nitro benzene ring substituents is 1. The van der Waals surface area contributed by atoms with Gasteiger partial charge in [0.15, 0.2) is 0 Å². The van der Waals surface area contributed by atoms with Crippen molar-refractivity contribution in [3.05, 3.63) is 45.5 Å². The molecule has 0 saturated carbocycles. The Labute approximate surface area is 99.3 Å². The fraction of sp³-hybridized carbons (Fsp3) is 0.250. The van der Waals surface area contributed by atoms with Crippen LogP contribution in [0.15, 0.2) is 29.8 Å². The van der Waals surface area contributed by atoms with Crippen LogP contribution in [-0.4, -0.2) is 10.8 Å². The lowest BCUT2D eigenvalue weighted by Crippen LogP contribution is -2.08. The molecule has 5 nitrogen and oxygen atoms in total. The topological polar surface area (TPSA) is 72.2 Å². The summed E-state index contributed by atoms with van der Waals surface area (Å²) in [6, 6.07) is 4.60. The predicted molar refractivity (Wildman–Crippen MR) is 65.9 cm³/mol. The van der Waals surface area contributed by atoms with Gasteiger partial charge in [-0.3, -0.25) is 14.9 Å². The first kappa shape index (κ1) is 12.9. The number of nitrogens with one attached hydrogen (secondary N) is 1. The van der Waals surface area contributed by atoms with E-state index in [1.54, 1.807) is 32.9 Å². The summed E-state index contributed by atoms with van der Waals surface area (Å²) >= 11 is 0. The predicted octanol–water partition coefficient (Wildman–Crippen LogP) is 2.81. The van der Waals surface area contributed by atoms with Crippen molar-refractivity contribution < 1.29 is 9.72 Å². The van der Waals surface area contributed by atoms with Crippen molar-refractivity contribution in [2.24, 2.45) is 0 Å². The summed E-state index contributed by atoms with van der Waals surface area (Å²) in [6.07, 6.45) is 1.44. The average Bonchev–Trinajstić information content (AvgIpc) is 2.19. The van der Waals surface area contributed by atoms with E-state index in [0.717, 1.165) is 5.57 Å². The largest absolute Gasteiger partial charge is 0.322 e. The number of carbonyl (C=O) groups is 1. The van der Waals surface area contributed by atoms with Gasteiger partial charge in [0.25, 0.3) is 5.69 Å². The zero-order valence-electron chi connectivity index (χ0n) is 9.98. The van der Waals surface area contributed by atoms with Gasteiger partial charge in [0.1, 0.15) is 0 Å². The molecule has 0 spiro atoms. The first-order valence-corrected chi connectivity index (χ1v) is 5.11. The summed E-state index contributed by atoms with van der Waals surface area (Å²) < 4.78 is 0. The van der Waals surface area contributed by atoms with E-state index in [9.17, 15) is 14.9 Å². The summed E-state index contributed by atoms with van der Waals surface area (Å²) in [6.45, 7) is 5.26. The number of allylic oxidation sites excluding steroid dienone is 1. The molecule has 17 heavy (non-hydrogen) atoms. The van der Waals surface area contributed by atoms with E-state index in [0.29, 0.717) is 11.3 Å². The van der Waals surface area contributed by atoms with Gasteiger partial charge in [-0.2, -0.15) is 0 Å². The Morgan fingerprint density at radius 1 is 1.41 bits per heavy atom. The smallest absolute Gasteiger partial charge is 0.274 e. The van der Waals surface area contributed by atoms with Crippen LogP contribution in [0.2, 0.25) is 0 Å². The minimum atomic E-state index is -0.466. The van der Waals surface area contributed by atoms with Gasteiger partial charge in [-0.25, -0.2) is 0 Å². The zero-order valence-corrected chi connectivity index (χ0v) is 9.98. The van der Waals surface area contributed by atoms with Crippen molar-refractivity contribution in [1.82, 2.24) is 0 Å². The maximum absolute atomic E-state index is 11.4. The molecule has 0 aliphatic rings. The molecule has 0 heterocycles. The standard InChI is InChI=1S/C12H14N2O3/c1-8(2)6-12(15)13-10-5-4-9(3)11(7-10)14(16)17/h4-7H,1-3H3,(H,13,15). The molecule has 1 aromatic carbocycles. The molecule has 0 unspecified atom stereocenters. The van der Waals surface area contributed by atoms with Crippen LogP contribution in [0.4, 0.5) is 11.4 Å². The van der Waals surface area contributed by atoms with E-state index in [-0.39, 0.29) is 11.6 Å². The number of hydrogen-bond acceptors (Lipinski definition) is 3. The fourth-order valence-electron chi connectivity index (χ4n) is 1.32. The Morgan fingerprint density at radius 3 is 2.59 bits per heavy atom. The molecular formula is C12H14N2O3. The molecule has 90 valence electrons. The first-order chi connectivity index (χ1) is 7.90. The Bertz CT molecular complexity index is 489. The lowest BCUT2D eigenvalue weighted by Gasteiger charge is -2.04. The van der Waals surface area contributed by atoms with Gasteiger partial charge in [0, 0.05) is 23.4 Å². The average molecular weight is 234 g/mol. The van der Waals surface area contributed by atoms with E-state index in [1.165, 1.54) is 12.1 Å². The maximum Gasteiger partial charge on any atom is 0.274 e. The number of anilines is 1. The van der Waals surface area contributed by atoms with Crippen molar-refractivity contribution in [2.75, 3.05) is 5.32 Å². The third-order valence-corrected chi connectivity index (χ3v) is 2.09. The summed E-state index contributed by atoms with van der Waals surface area (Å²) in [5, 5.41) is 13.3. The van der Waals surface area contributed by atoms with E-state index < -0.39 is 4.92 Å². The second kappa shape index (κ2) is 5.25. The second-order valence-corrected chi connectivity index (χ2v) is 3.97. The van der Waals surface area contributed by atoms with Crippen LogP contribution in [0.5, 0.6) is 0 Å². The third kappa shape index (κ3) is 3.71. The van der Waals surface area contributed by atoms with Crippen LogP contribution in [0, 0.1) is 17.0 Å². The van der Waals surface area contributed by atoms with Crippen LogP contribution in [0.25, 0.3) is 0 Å². The Kier molecular flexibility index (Phi) is 3.98. The zero-order chi connectivity index (χ0) is 13.0. The van der Waals surface area contributed by atoms with E-state index >= 15 is 0 Å². The highest BCUT2D eigenvalue weighted by atomic mass is 16.6. The minimum absolute atomic E-state index is 0.000000000000000222. The highest BCUT2D eigenvalue weighted by molar-refractivity contribution is 5.99. The highest BCUT2D eigenvalue weighted by Gasteiger charge is 2.11. The number of carbonyl (C=O) groups excluding carboxylic acids is 1. The van der Waals surface area contributed by atoms with Crippen LogP contribution in [-0.2, 0) is 4.79 Å². The summed E-state index contributed by atoms with van der Waals surface area (Å²) in [7, 11) is 0. The van der Waals surface area contributed by atoms with Crippen LogP contribution < -0.4 is 5.32 Å². The van der Waals surface area contributed by atoms with Crippen molar-refractivity contribution in [3.8, 4) is 0 Å². The Balaban J connectivity index is 2.94. The quantitative estimate of drug-likeness (QED) is 0.496. The van der Waals surface area contributed by atoms with E-state index in [1.807, 2.05) is 0 Å². The molecule has 0 fully saturated rings. The van der Waals surface area contributed by atoms with Gasteiger partial charge < -0.3 is 5.32 Å². The number of benzene rings is 1. The lowest BCUT2D eigenvalue weighted by molar-refractivity contribution is -0.385. The SMILES string of the molecule is CC(C)=CC(=O)Nc1ccc(C)c([N+](=O)[O-])c1. The number of nitrogens with zero attached hydrogens (tertiary/aromatic N) is 1. The molecule has 1 N–H and O–H groups in total. The Morgan fingerprint density at radius 2 is 2.06 bits per heavy atom. The van der Waals surface area contributed by atoms with Crippen molar-refractivity contribution in [2.45, 2.75) is 20.8 Å². The molecule has 1 rings (SSSR count). The monoisotopic (exact) mass is 234 g/mol. The Hall–Kier alpha value is -2.17. The normalized spacial score (nSPS) is 9.59. The summed E-state index contributed by atoms with van der Waals surface area (Å²) in [4.78, 5) is 21.7. The molecule has 0 atom stereocenters. The van der Waals surface area contributed by atoms with Crippen LogP contribution in [0.1, 0.15) is 19.4 Å². The van der Waals surface area contributed by atoms with Crippen molar-refractivity contribution >= 4 is 17.3 Å². The molecule has 5 heteroatoms. The number of rotatable bonds is 3. The number of aryl methyl sites for hydroxylation is 1. The van der Waals surface area contributed by atoms with Gasteiger partial charge in [-0.15, -0.1) is 0 Å². The second-order valence-electron chi connectivity index (χ2n) is 3.97. The number of nitro groups is 1. The molecule has 0 radical (unpaired) electrons. The van der Waals surface area contributed by atoms with Crippen LogP contribution in [0.3, 0.4) is 0 Å². The molecule has 0 aliphatic carbocycles.